The van der Waals surface area contributed by atoms with Crippen LogP contribution in [0.4, 0.5) is 24.7 Å². The summed E-state index contributed by atoms with van der Waals surface area (Å²) in [5.74, 6) is 1.12. The van der Waals surface area contributed by atoms with Gasteiger partial charge in [-0.15, -0.1) is 0 Å². The van der Waals surface area contributed by atoms with E-state index in [1.165, 1.54) is 44.1 Å². The van der Waals surface area contributed by atoms with E-state index in [1.807, 2.05) is 7.05 Å². The number of hydrogen-bond acceptors (Lipinski definition) is 4. The second-order valence-electron chi connectivity index (χ2n) is 8.17. The van der Waals surface area contributed by atoms with E-state index in [2.05, 4.69) is 25.9 Å². The average molecular weight is 417 g/mol. The van der Waals surface area contributed by atoms with Gasteiger partial charge in [0.1, 0.15) is 17.8 Å². The van der Waals surface area contributed by atoms with Gasteiger partial charge in [0.05, 0.1) is 17.0 Å². The van der Waals surface area contributed by atoms with E-state index in [4.69, 9.17) is 5.73 Å². The van der Waals surface area contributed by atoms with Crippen molar-refractivity contribution in [2.45, 2.75) is 57.2 Å². The summed E-state index contributed by atoms with van der Waals surface area (Å²) in [5, 5.41) is 4.15. The molecule has 5 nitrogen and oxygen atoms in total. The van der Waals surface area contributed by atoms with Crippen LogP contribution in [-0.2, 0) is 13.2 Å². The van der Waals surface area contributed by atoms with Crippen molar-refractivity contribution >= 4 is 22.5 Å². The van der Waals surface area contributed by atoms with Crippen molar-refractivity contribution < 1.29 is 13.2 Å². The number of halogens is 3. The molecule has 1 aliphatic rings. The Kier molecular flexibility index (Phi) is 5.34. The summed E-state index contributed by atoms with van der Waals surface area (Å²) >= 11 is 0. The van der Waals surface area contributed by atoms with Gasteiger partial charge in [0.2, 0.25) is 0 Å². The lowest BCUT2D eigenvalue weighted by Crippen LogP contribution is -2.12. The summed E-state index contributed by atoms with van der Waals surface area (Å²) in [7, 11) is 2.01. The van der Waals surface area contributed by atoms with E-state index in [9.17, 15) is 13.2 Å². The fraction of sp³-hybridized carbons (Fsp3) is 0.455. The van der Waals surface area contributed by atoms with E-state index >= 15 is 0 Å². The van der Waals surface area contributed by atoms with Crippen LogP contribution in [0.1, 0.15) is 67.8 Å². The maximum Gasteiger partial charge on any atom is 0.416 e. The Morgan fingerprint density at radius 2 is 1.83 bits per heavy atom. The SMILES string of the molecule is C[C@@H](Nc1ncnc2c1cc(C1CCCCC1)n2C)c1cc(N)cc(C(F)(F)F)c1. The second kappa shape index (κ2) is 7.81. The monoisotopic (exact) mass is 417 g/mol. The molecule has 0 unspecified atom stereocenters. The van der Waals surface area contributed by atoms with Crippen molar-refractivity contribution in [3.63, 3.8) is 0 Å². The molecule has 1 aliphatic carbocycles. The molecule has 1 atom stereocenters. The van der Waals surface area contributed by atoms with Crippen LogP contribution < -0.4 is 11.1 Å². The van der Waals surface area contributed by atoms with Crippen LogP contribution >= 0.6 is 0 Å². The Hall–Kier alpha value is -2.77. The minimum absolute atomic E-state index is 0.0839. The molecule has 0 spiro atoms. The first-order valence-corrected chi connectivity index (χ1v) is 10.3. The Morgan fingerprint density at radius 1 is 1.10 bits per heavy atom. The fourth-order valence-electron chi connectivity index (χ4n) is 4.44. The Balaban J connectivity index is 1.66. The van der Waals surface area contributed by atoms with Crippen LogP contribution in [0.5, 0.6) is 0 Å². The quantitative estimate of drug-likeness (QED) is 0.527. The lowest BCUT2D eigenvalue weighted by atomic mass is 9.87. The van der Waals surface area contributed by atoms with Gasteiger partial charge in [0.15, 0.2) is 0 Å². The maximum atomic E-state index is 13.2. The molecule has 0 radical (unpaired) electrons. The van der Waals surface area contributed by atoms with Gasteiger partial charge in [-0.25, -0.2) is 9.97 Å². The number of aromatic nitrogens is 3. The van der Waals surface area contributed by atoms with Crippen LogP contribution in [0.25, 0.3) is 11.0 Å². The van der Waals surface area contributed by atoms with E-state index < -0.39 is 17.8 Å². The summed E-state index contributed by atoms with van der Waals surface area (Å²) in [6.07, 6.45) is 3.13. The van der Waals surface area contributed by atoms with Crippen LogP contribution in [0.3, 0.4) is 0 Å². The van der Waals surface area contributed by atoms with Crippen molar-refractivity contribution in [2.24, 2.45) is 7.05 Å². The van der Waals surface area contributed by atoms with E-state index in [1.54, 1.807) is 13.0 Å². The summed E-state index contributed by atoms with van der Waals surface area (Å²) in [6.45, 7) is 1.80. The van der Waals surface area contributed by atoms with Gasteiger partial charge < -0.3 is 15.6 Å². The van der Waals surface area contributed by atoms with Crippen molar-refractivity contribution in [2.75, 3.05) is 11.1 Å². The second-order valence-corrected chi connectivity index (χ2v) is 8.17. The summed E-state index contributed by atoms with van der Waals surface area (Å²) in [4.78, 5) is 8.82. The average Bonchev–Trinajstić information content (AvgIpc) is 3.05. The first kappa shape index (κ1) is 20.5. The lowest BCUT2D eigenvalue weighted by Gasteiger charge is -2.22. The number of benzene rings is 1. The number of nitrogens with two attached hydrogens (primary N) is 1. The third kappa shape index (κ3) is 3.95. The summed E-state index contributed by atoms with van der Waals surface area (Å²) < 4.78 is 41.6. The van der Waals surface area contributed by atoms with E-state index in [0.29, 0.717) is 17.3 Å². The molecule has 3 aromatic rings. The van der Waals surface area contributed by atoms with E-state index in [-0.39, 0.29) is 5.69 Å². The number of nitrogen functional groups attached to an aromatic ring is 1. The first-order valence-electron chi connectivity index (χ1n) is 10.3. The number of rotatable bonds is 4. The van der Waals surface area contributed by atoms with Crippen molar-refractivity contribution in [3.05, 3.63) is 47.4 Å². The summed E-state index contributed by atoms with van der Waals surface area (Å²) in [5.41, 5.74) is 7.58. The van der Waals surface area contributed by atoms with Gasteiger partial charge in [-0.3, -0.25) is 0 Å². The molecule has 160 valence electrons. The molecule has 2 heterocycles. The largest absolute Gasteiger partial charge is 0.416 e. The van der Waals surface area contributed by atoms with Gasteiger partial charge in [-0.2, -0.15) is 13.2 Å². The van der Waals surface area contributed by atoms with E-state index in [0.717, 1.165) is 23.2 Å². The van der Waals surface area contributed by atoms with Gasteiger partial charge in [-0.1, -0.05) is 19.3 Å². The molecule has 1 saturated carbocycles. The van der Waals surface area contributed by atoms with Crippen LogP contribution in [0.2, 0.25) is 0 Å². The molecule has 1 aromatic carbocycles. The van der Waals surface area contributed by atoms with Gasteiger partial charge in [0.25, 0.3) is 0 Å². The molecule has 0 amide bonds. The third-order valence-electron chi connectivity index (χ3n) is 6.04. The van der Waals surface area contributed by atoms with Gasteiger partial charge in [-0.05, 0) is 55.5 Å². The van der Waals surface area contributed by atoms with Crippen LogP contribution in [-0.4, -0.2) is 14.5 Å². The van der Waals surface area contributed by atoms with Crippen LogP contribution in [0, 0.1) is 0 Å². The number of fused-ring (bicyclic) bond motifs is 1. The number of anilines is 2. The smallest absolute Gasteiger partial charge is 0.399 e. The lowest BCUT2D eigenvalue weighted by molar-refractivity contribution is -0.137. The number of nitrogens with zero attached hydrogens (tertiary/aromatic N) is 3. The first-order chi connectivity index (χ1) is 14.2. The van der Waals surface area contributed by atoms with Crippen molar-refractivity contribution in [1.82, 2.24) is 14.5 Å². The molecular formula is C22H26F3N5. The Morgan fingerprint density at radius 3 is 2.53 bits per heavy atom. The Bertz CT molecular complexity index is 1050. The number of hydrogen-bond donors (Lipinski definition) is 2. The predicted octanol–water partition coefficient (Wildman–Crippen LogP) is 5.79. The highest BCUT2D eigenvalue weighted by Crippen LogP contribution is 2.37. The molecule has 30 heavy (non-hydrogen) atoms. The highest BCUT2D eigenvalue weighted by molar-refractivity contribution is 5.88. The van der Waals surface area contributed by atoms with Crippen LogP contribution in [0.15, 0.2) is 30.6 Å². The topological polar surface area (TPSA) is 68.8 Å². The Labute approximate surface area is 173 Å². The fourth-order valence-corrected chi connectivity index (χ4v) is 4.44. The molecule has 8 heteroatoms. The zero-order valence-electron chi connectivity index (χ0n) is 17.1. The standard InChI is InChI=1S/C22H26F3N5/c1-13(15-8-16(22(23,24)25)10-17(26)9-15)29-20-18-11-19(14-6-4-3-5-7-14)30(2)21(18)28-12-27-20/h8-14H,3-7,26H2,1-2H3,(H,27,28,29)/t13-/m1/s1. The van der Waals surface area contributed by atoms with Crippen molar-refractivity contribution in [3.8, 4) is 0 Å². The zero-order chi connectivity index (χ0) is 21.5. The third-order valence-corrected chi connectivity index (χ3v) is 6.04. The summed E-state index contributed by atoms with van der Waals surface area (Å²) in [6, 6.07) is 5.36. The molecule has 0 saturated heterocycles. The number of aryl methyl sites for hydroxylation is 1. The zero-order valence-corrected chi connectivity index (χ0v) is 17.1. The molecule has 2 aromatic heterocycles. The van der Waals surface area contributed by atoms with Crippen molar-refractivity contribution in [1.29, 1.82) is 0 Å². The molecule has 4 rings (SSSR count). The predicted molar refractivity (Wildman–Crippen MR) is 112 cm³/mol. The molecule has 1 fully saturated rings. The van der Waals surface area contributed by atoms with Gasteiger partial charge >= 0.3 is 6.18 Å². The number of nitrogens with one attached hydrogen (secondary N) is 1. The molecule has 3 N–H and O–H groups in total. The molecule has 0 bridgehead atoms. The molecule has 0 aliphatic heterocycles. The maximum absolute atomic E-state index is 13.2. The highest BCUT2D eigenvalue weighted by Gasteiger charge is 2.31. The normalized spacial score (nSPS) is 16.7. The highest BCUT2D eigenvalue weighted by atomic mass is 19.4. The number of alkyl halides is 3. The molecular weight excluding hydrogens is 391 g/mol. The van der Waals surface area contributed by atoms with Gasteiger partial charge in [0, 0.05) is 18.4 Å². The minimum atomic E-state index is -4.44. The minimum Gasteiger partial charge on any atom is -0.399 e.